The minimum atomic E-state index is -0.130. The minimum Gasteiger partial charge on any atom is -0.361 e. The molecule has 4 unspecified atom stereocenters. The van der Waals surface area contributed by atoms with Crippen LogP contribution < -0.4 is 10.6 Å². The van der Waals surface area contributed by atoms with Crippen LogP contribution in [0.2, 0.25) is 0 Å². The normalized spacial score (nSPS) is 28.4. The van der Waals surface area contributed by atoms with Crippen LogP contribution in [0, 0.1) is 37.5 Å². The lowest BCUT2D eigenvalue weighted by Crippen LogP contribution is -2.44. The van der Waals surface area contributed by atoms with Crippen LogP contribution >= 0.6 is 0 Å². The average Bonchev–Trinajstić information content (AvgIpc) is 3.43. The van der Waals surface area contributed by atoms with Crippen molar-refractivity contribution < 1.29 is 14.1 Å². The Morgan fingerprint density at radius 2 is 1.82 bits per heavy atom. The van der Waals surface area contributed by atoms with Gasteiger partial charge >= 0.3 is 0 Å². The van der Waals surface area contributed by atoms with E-state index in [1.54, 1.807) is 7.05 Å². The fourth-order valence-electron chi connectivity index (χ4n) is 4.86. The van der Waals surface area contributed by atoms with Crippen LogP contribution in [0.15, 0.2) is 21.7 Å². The third-order valence-corrected chi connectivity index (χ3v) is 6.26. The van der Waals surface area contributed by atoms with Crippen molar-refractivity contribution >= 4 is 17.8 Å². The van der Waals surface area contributed by atoms with Gasteiger partial charge in [-0.15, -0.1) is 0 Å². The molecule has 0 aromatic carbocycles. The second kappa shape index (κ2) is 7.41. The second-order valence-electron chi connectivity index (χ2n) is 7.81. The Hall–Kier alpha value is -2.64. The van der Waals surface area contributed by atoms with E-state index in [4.69, 9.17) is 4.52 Å². The molecular formula is C20H27N5O3. The summed E-state index contributed by atoms with van der Waals surface area (Å²) in [4.78, 5) is 31.0. The number of aromatic nitrogens is 1. The number of rotatable bonds is 6. The molecule has 2 amide bonds. The number of guanidine groups is 1. The Morgan fingerprint density at radius 3 is 2.39 bits per heavy atom. The van der Waals surface area contributed by atoms with Crippen molar-refractivity contribution in [3.63, 3.8) is 0 Å². The summed E-state index contributed by atoms with van der Waals surface area (Å²) in [6.07, 6.45) is 5.97. The summed E-state index contributed by atoms with van der Waals surface area (Å²) < 4.78 is 5.17. The standard InChI is InChI=1S/C20H27N5O3/c1-11-15(12(2)28-24-11)6-7-22-20(21-3)23-8-9-25-18(26)16-13-4-5-14(10-13)17(16)19(25)27/h4-5,13-14,16-17H,6-10H2,1-3H3,(H2,21,22,23). The summed E-state index contributed by atoms with van der Waals surface area (Å²) in [6.45, 7) is 5.37. The van der Waals surface area contributed by atoms with E-state index in [0.717, 1.165) is 29.9 Å². The van der Waals surface area contributed by atoms with Gasteiger partial charge in [0, 0.05) is 32.2 Å². The Labute approximate surface area is 164 Å². The van der Waals surface area contributed by atoms with Gasteiger partial charge in [-0.2, -0.15) is 0 Å². The van der Waals surface area contributed by atoms with E-state index in [0.29, 0.717) is 25.6 Å². The Balaban J connectivity index is 1.24. The van der Waals surface area contributed by atoms with E-state index in [9.17, 15) is 9.59 Å². The first-order valence-electron chi connectivity index (χ1n) is 9.91. The molecule has 2 N–H and O–H groups in total. The molecule has 1 aliphatic heterocycles. The highest BCUT2D eigenvalue weighted by molar-refractivity contribution is 6.06. The first-order valence-corrected chi connectivity index (χ1v) is 9.91. The zero-order valence-electron chi connectivity index (χ0n) is 16.6. The van der Waals surface area contributed by atoms with E-state index < -0.39 is 0 Å². The topological polar surface area (TPSA) is 99.8 Å². The fraction of sp³-hybridized carbons (Fsp3) is 0.600. The number of likely N-dealkylation sites (tertiary alicyclic amines) is 1. The summed E-state index contributed by atoms with van der Waals surface area (Å²) in [6, 6.07) is 0. The number of amides is 2. The van der Waals surface area contributed by atoms with E-state index in [1.807, 2.05) is 13.8 Å². The molecule has 2 heterocycles. The molecule has 150 valence electrons. The number of aliphatic imine (C=N–C) groups is 1. The predicted molar refractivity (Wildman–Crippen MR) is 103 cm³/mol. The van der Waals surface area contributed by atoms with Gasteiger partial charge in [0.05, 0.1) is 17.5 Å². The number of carbonyl (C=O) groups excluding carboxylic acids is 2. The van der Waals surface area contributed by atoms with Gasteiger partial charge in [0.2, 0.25) is 11.8 Å². The molecule has 0 radical (unpaired) electrons. The number of nitrogens with zero attached hydrogens (tertiary/aromatic N) is 3. The zero-order chi connectivity index (χ0) is 19.8. The summed E-state index contributed by atoms with van der Waals surface area (Å²) in [5, 5.41) is 10.4. The van der Waals surface area contributed by atoms with Gasteiger partial charge in [0.1, 0.15) is 5.76 Å². The minimum absolute atomic E-state index is 0.00463. The van der Waals surface area contributed by atoms with Gasteiger partial charge in [0.15, 0.2) is 5.96 Å². The molecule has 1 saturated carbocycles. The van der Waals surface area contributed by atoms with Gasteiger partial charge in [-0.05, 0) is 38.5 Å². The molecule has 1 aromatic heterocycles. The van der Waals surface area contributed by atoms with Crippen LogP contribution in [0.4, 0.5) is 0 Å². The van der Waals surface area contributed by atoms with Gasteiger partial charge in [-0.25, -0.2) is 0 Å². The maximum absolute atomic E-state index is 12.7. The number of hydrogen-bond acceptors (Lipinski definition) is 5. The molecule has 1 saturated heterocycles. The van der Waals surface area contributed by atoms with Crippen LogP contribution in [0.3, 0.4) is 0 Å². The van der Waals surface area contributed by atoms with Crippen molar-refractivity contribution in [2.75, 3.05) is 26.7 Å². The molecule has 3 aliphatic rings. The smallest absolute Gasteiger partial charge is 0.233 e. The van der Waals surface area contributed by atoms with Crippen molar-refractivity contribution in [1.82, 2.24) is 20.7 Å². The zero-order valence-corrected chi connectivity index (χ0v) is 16.6. The number of allylic oxidation sites excluding steroid dienone is 2. The van der Waals surface area contributed by atoms with Gasteiger partial charge in [0.25, 0.3) is 0 Å². The van der Waals surface area contributed by atoms with Crippen molar-refractivity contribution in [1.29, 1.82) is 0 Å². The van der Waals surface area contributed by atoms with Crippen LogP contribution in [-0.4, -0.2) is 54.5 Å². The molecule has 8 nitrogen and oxygen atoms in total. The number of nitrogens with one attached hydrogen (secondary N) is 2. The first kappa shape index (κ1) is 18.7. The molecule has 0 spiro atoms. The Morgan fingerprint density at radius 1 is 1.18 bits per heavy atom. The molecule has 4 atom stereocenters. The third kappa shape index (κ3) is 3.10. The third-order valence-electron chi connectivity index (χ3n) is 6.26. The molecule has 2 bridgehead atoms. The monoisotopic (exact) mass is 385 g/mol. The number of fused-ring (bicyclic) bond motifs is 5. The summed E-state index contributed by atoms with van der Waals surface area (Å²) >= 11 is 0. The molecule has 2 fully saturated rings. The van der Waals surface area contributed by atoms with Gasteiger partial charge in [-0.1, -0.05) is 17.3 Å². The van der Waals surface area contributed by atoms with Crippen molar-refractivity contribution in [3.8, 4) is 0 Å². The molecule has 2 aliphatic carbocycles. The number of imide groups is 1. The molecular weight excluding hydrogens is 358 g/mol. The predicted octanol–water partition coefficient (Wildman–Crippen LogP) is 0.806. The molecule has 8 heteroatoms. The van der Waals surface area contributed by atoms with Crippen molar-refractivity contribution in [3.05, 3.63) is 29.2 Å². The highest BCUT2D eigenvalue weighted by Gasteiger charge is 2.58. The summed E-state index contributed by atoms with van der Waals surface area (Å²) in [5.41, 5.74) is 2.01. The quantitative estimate of drug-likeness (QED) is 0.325. The van der Waals surface area contributed by atoms with Crippen LogP contribution in [0.25, 0.3) is 0 Å². The maximum atomic E-state index is 12.7. The summed E-state index contributed by atoms with van der Waals surface area (Å²) in [7, 11) is 1.70. The van der Waals surface area contributed by atoms with Crippen LogP contribution in [0.5, 0.6) is 0 Å². The lowest BCUT2D eigenvalue weighted by atomic mass is 9.85. The average molecular weight is 385 g/mol. The van der Waals surface area contributed by atoms with Gasteiger partial charge in [-0.3, -0.25) is 19.5 Å². The Bertz CT molecular complexity index is 793. The lowest BCUT2D eigenvalue weighted by molar-refractivity contribution is -0.140. The molecule has 28 heavy (non-hydrogen) atoms. The highest BCUT2D eigenvalue weighted by Crippen LogP contribution is 2.52. The largest absolute Gasteiger partial charge is 0.361 e. The number of carbonyl (C=O) groups is 2. The van der Waals surface area contributed by atoms with E-state index in [-0.39, 0.29) is 35.5 Å². The maximum Gasteiger partial charge on any atom is 0.233 e. The second-order valence-corrected chi connectivity index (χ2v) is 7.81. The molecule has 4 rings (SSSR count). The first-order chi connectivity index (χ1) is 13.5. The summed E-state index contributed by atoms with van der Waals surface area (Å²) in [5.74, 6) is 1.72. The van der Waals surface area contributed by atoms with Crippen LogP contribution in [-0.2, 0) is 16.0 Å². The van der Waals surface area contributed by atoms with Crippen LogP contribution in [0.1, 0.15) is 23.4 Å². The lowest BCUT2D eigenvalue weighted by Gasteiger charge is -2.18. The van der Waals surface area contributed by atoms with E-state index in [2.05, 4.69) is 32.9 Å². The number of hydrogen-bond donors (Lipinski definition) is 2. The van der Waals surface area contributed by atoms with Crippen molar-refractivity contribution in [2.24, 2.45) is 28.7 Å². The Kier molecular flexibility index (Phi) is 4.95. The fourth-order valence-corrected chi connectivity index (χ4v) is 4.86. The van der Waals surface area contributed by atoms with E-state index in [1.165, 1.54) is 4.90 Å². The van der Waals surface area contributed by atoms with E-state index >= 15 is 0 Å². The highest BCUT2D eigenvalue weighted by atomic mass is 16.5. The van der Waals surface area contributed by atoms with Gasteiger partial charge < -0.3 is 15.2 Å². The number of aryl methyl sites for hydroxylation is 2. The molecule has 1 aromatic rings. The van der Waals surface area contributed by atoms with Crippen molar-refractivity contribution in [2.45, 2.75) is 26.7 Å². The SMILES string of the molecule is CN=C(NCCc1c(C)noc1C)NCCN1C(=O)C2C3C=CC(C3)C2C1=O.